The zero-order chi connectivity index (χ0) is 20.4. The van der Waals surface area contributed by atoms with Gasteiger partial charge in [0.05, 0.1) is 12.6 Å². The van der Waals surface area contributed by atoms with Gasteiger partial charge in [0.1, 0.15) is 0 Å². The Kier molecular flexibility index (Phi) is 5.81. The minimum Gasteiger partial charge on any atom is -0.377 e. The molecule has 3 unspecified atom stereocenters. The Bertz CT molecular complexity index is 753. The Morgan fingerprint density at radius 1 is 1.24 bits per heavy atom. The Morgan fingerprint density at radius 2 is 1.97 bits per heavy atom. The highest BCUT2D eigenvalue weighted by molar-refractivity contribution is 5.93. The molecule has 1 aromatic rings. The molecule has 158 valence electrons. The Balaban J connectivity index is 1.43. The topological polar surface area (TPSA) is 66.0 Å². The van der Waals surface area contributed by atoms with Gasteiger partial charge in [-0.15, -0.1) is 0 Å². The molecule has 0 bridgehead atoms. The maximum Gasteiger partial charge on any atom is 0.253 e. The van der Waals surface area contributed by atoms with Crippen LogP contribution in [0.2, 0.25) is 0 Å². The van der Waals surface area contributed by atoms with Gasteiger partial charge in [-0.05, 0) is 43.9 Å². The van der Waals surface area contributed by atoms with Gasteiger partial charge in [0.2, 0.25) is 0 Å². The summed E-state index contributed by atoms with van der Waals surface area (Å²) in [5, 5.41) is 7.19. The second kappa shape index (κ2) is 8.34. The fraction of sp³-hybridized carbons (Fsp3) is 0.652. The lowest BCUT2D eigenvalue weighted by Crippen LogP contribution is -2.69. The maximum absolute atomic E-state index is 12.0. The molecule has 0 aromatic heterocycles. The van der Waals surface area contributed by atoms with Crippen molar-refractivity contribution < 1.29 is 9.53 Å². The molecule has 3 atom stereocenters. The van der Waals surface area contributed by atoms with Crippen LogP contribution in [0, 0.1) is 11.3 Å². The number of carbonyl (C=O) groups excluding carboxylic acids is 1. The summed E-state index contributed by atoms with van der Waals surface area (Å²) >= 11 is 0. The minimum absolute atomic E-state index is 0.0234. The molecular formula is C23H34N4O2. The lowest BCUT2D eigenvalue weighted by molar-refractivity contribution is -0.125. The number of amides is 1. The number of benzene rings is 1. The average Bonchev–Trinajstić information content (AvgIpc) is 3.38. The number of fused-ring (bicyclic) bond motifs is 2. The summed E-state index contributed by atoms with van der Waals surface area (Å²) in [5.74, 6) is 1.53. The van der Waals surface area contributed by atoms with E-state index < -0.39 is 0 Å². The van der Waals surface area contributed by atoms with Crippen molar-refractivity contribution in [2.45, 2.75) is 57.7 Å². The van der Waals surface area contributed by atoms with E-state index in [0.29, 0.717) is 35.6 Å². The van der Waals surface area contributed by atoms with E-state index in [2.05, 4.69) is 17.6 Å². The van der Waals surface area contributed by atoms with E-state index in [1.807, 2.05) is 24.3 Å². The molecule has 1 heterocycles. The number of rotatable bonds is 5. The Hall–Kier alpha value is -2.08. The molecule has 1 aromatic carbocycles. The van der Waals surface area contributed by atoms with Crippen molar-refractivity contribution in [1.82, 2.24) is 15.5 Å². The first-order valence-corrected chi connectivity index (χ1v) is 11.0. The third-order valence-electron chi connectivity index (χ3n) is 6.95. The van der Waals surface area contributed by atoms with Crippen molar-refractivity contribution in [2.24, 2.45) is 16.3 Å². The van der Waals surface area contributed by atoms with E-state index in [1.54, 1.807) is 19.0 Å². The van der Waals surface area contributed by atoms with Crippen molar-refractivity contribution in [3.8, 4) is 0 Å². The number of hydrogen-bond donors (Lipinski definition) is 2. The van der Waals surface area contributed by atoms with Gasteiger partial charge in [0.25, 0.3) is 5.91 Å². The number of nitrogens with one attached hydrogen (secondary N) is 2. The number of nitrogens with zero attached hydrogens (tertiary/aromatic N) is 2. The Morgan fingerprint density at radius 3 is 2.62 bits per heavy atom. The summed E-state index contributed by atoms with van der Waals surface area (Å²) in [6.45, 7) is 4.44. The molecule has 2 N–H and O–H groups in total. The summed E-state index contributed by atoms with van der Waals surface area (Å²) in [7, 11) is 3.54. The summed E-state index contributed by atoms with van der Waals surface area (Å²) in [4.78, 5) is 18.5. The molecule has 1 aliphatic heterocycles. The van der Waals surface area contributed by atoms with Crippen LogP contribution >= 0.6 is 0 Å². The molecule has 2 aliphatic carbocycles. The van der Waals surface area contributed by atoms with Gasteiger partial charge in [0.15, 0.2) is 5.96 Å². The number of hydrogen-bond acceptors (Lipinski definition) is 3. The van der Waals surface area contributed by atoms with Gasteiger partial charge < -0.3 is 20.3 Å². The van der Waals surface area contributed by atoms with Crippen LogP contribution in [0.15, 0.2) is 29.3 Å². The molecule has 0 radical (unpaired) electrons. The van der Waals surface area contributed by atoms with E-state index in [-0.39, 0.29) is 5.91 Å². The largest absolute Gasteiger partial charge is 0.377 e. The van der Waals surface area contributed by atoms with E-state index in [9.17, 15) is 4.79 Å². The standard InChI is InChI=1S/C23H34N4O2/c1-4-24-22(25-15-16-7-9-17(10-8-16)21(28)27(2)3)26-19-18-11-14-29-20(18)23(19)12-5-6-13-23/h7-10,18-20H,4-6,11-15H2,1-3H3,(H2,24,25,26). The minimum atomic E-state index is 0.0234. The summed E-state index contributed by atoms with van der Waals surface area (Å²) in [6, 6.07) is 8.22. The molecular weight excluding hydrogens is 364 g/mol. The first-order chi connectivity index (χ1) is 14.0. The molecule has 1 saturated heterocycles. The number of guanidine groups is 1. The zero-order valence-corrected chi connectivity index (χ0v) is 17.9. The van der Waals surface area contributed by atoms with Crippen LogP contribution in [0.3, 0.4) is 0 Å². The molecule has 6 heteroatoms. The van der Waals surface area contributed by atoms with Gasteiger partial charge in [-0.3, -0.25) is 4.79 Å². The van der Waals surface area contributed by atoms with Crippen LogP contribution in [0.1, 0.15) is 54.9 Å². The number of aliphatic imine (C=N–C) groups is 1. The van der Waals surface area contributed by atoms with Crippen molar-refractivity contribution >= 4 is 11.9 Å². The van der Waals surface area contributed by atoms with Gasteiger partial charge in [-0.1, -0.05) is 25.0 Å². The fourth-order valence-corrected chi connectivity index (χ4v) is 5.55. The van der Waals surface area contributed by atoms with Crippen LogP contribution in [0.5, 0.6) is 0 Å². The lowest BCUT2D eigenvalue weighted by Gasteiger charge is -2.57. The van der Waals surface area contributed by atoms with E-state index >= 15 is 0 Å². The van der Waals surface area contributed by atoms with Crippen molar-refractivity contribution in [1.29, 1.82) is 0 Å². The highest BCUT2D eigenvalue weighted by atomic mass is 16.5. The van der Waals surface area contributed by atoms with Crippen LogP contribution in [0.4, 0.5) is 0 Å². The van der Waals surface area contributed by atoms with Gasteiger partial charge in [-0.25, -0.2) is 4.99 Å². The van der Waals surface area contributed by atoms with Gasteiger partial charge in [0, 0.05) is 50.2 Å². The normalized spacial score (nSPS) is 27.4. The molecule has 1 spiro atoms. The molecule has 6 nitrogen and oxygen atoms in total. The molecule has 2 saturated carbocycles. The quantitative estimate of drug-likeness (QED) is 0.591. The maximum atomic E-state index is 12.0. The molecule has 4 rings (SSSR count). The molecule has 3 aliphatic rings. The highest BCUT2D eigenvalue weighted by Gasteiger charge is 2.65. The first kappa shape index (κ1) is 20.2. The summed E-state index contributed by atoms with van der Waals surface area (Å²) in [6.07, 6.45) is 6.78. The van der Waals surface area contributed by atoms with Gasteiger partial charge in [-0.2, -0.15) is 0 Å². The number of carbonyl (C=O) groups is 1. The van der Waals surface area contributed by atoms with Crippen LogP contribution in [0.25, 0.3) is 0 Å². The average molecular weight is 399 g/mol. The summed E-state index contributed by atoms with van der Waals surface area (Å²) in [5.41, 5.74) is 2.12. The number of ether oxygens (including phenoxy) is 1. The molecule has 29 heavy (non-hydrogen) atoms. The monoisotopic (exact) mass is 398 g/mol. The van der Waals surface area contributed by atoms with Crippen molar-refractivity contribution in [2.75, 3.05) is 27.2 Å². The predicted molar refractivity (Wildman–Crippen MR) is 115 cm³/mol. The van der Waals surface area contributed by atoms with Crippen molar-refractivity contribution in [3.63, 3.8) is 0 Å². The lowest BCUT2D eigenvalue weighted by atomic mass is 9.54. The predicted octanol–water partition coefficient (Wildman–Crippen LogP) is 2.79. The van der Waals surface area contributed by atoms with Crippen LogP contribution in [-0.4, -0.2) is 56.2 Å². The van der Waals surface area contributed by atoms with Crippen LogP contribution < -0.4 is 10.6 Å². The molecule has 3 fully saturated rings. The van der Waals surface area contributed by atoms with E-state index in [4.69, 9.17) is 9.73 Å². The molecule has 1 amide bonds. The second-order valence-corrected chi connectivity index (χ2v) is 8.90. The van der Waals surface area contributed by atoms with Gasteiger partial charge >= 0.3 is 0 Å². The van der Waals surface area contributed by atoms with E-state index in [0.717, 1.165) is 31.1 Å². The smallest absolute Gasteiger partial charge is 0.253 e. The second-order valence-electron chi connectivity index (χ2n) is 8.90. The third-order valence-corrected chi connectivity index (χ3v) is 6.95. The third kappa shape index (κ3) is 3.75. The van der Waals surface area contributed by atoms with Crippen LogP contribution in [-0.2, 0) is 11.3 Å². The summed E-state index contributed by atoms with van der Waals surface area (Å²) < 4.78 is 6.11. The first-order valence-electron chi connectivity index (χ1n) is 11.0. The fourth-order valence-electron chi connectivity index (χ4n) is 5.55. The van der Waals surface area contributed by atoms with E-state index in [1.165, 1.54) is 25.7 Å². The highest BCUT2D eigenvalue weighted by Crippen LogP contribution is 2.60. The van der Waals surface area contributed by atoms with Crippen molar-refractivity contribution in [3.05, 3.63) is 35.4 Å². The SMILES string of the molecule is CCNC(=NCc1ccc(C(=O)N(C)C)cc1)NC1C2CCOC2C12CCCC2. The Labute approximate surface area is 174 Å². The zero-order valence-electron chi connectivity index (χ0n) is 17.9.